The molecule has 236 valence electrons. The smallest absolute Gasteiger partial charge is 0.306 e. The van der Waals surface area contributed by atoms with Crippen molar-refractivity contribution < 1.29 is 69.4 Å². The number of hydrogen-bond donors (Lipinski definition) is 9. The van der Waals surface area contributed by atoms with Crippen molar-refractivity contribution in [3.63, 3.8) is 0 Å². The third-order valence-corrected chi connectivity index (χ3v) is 7.79. The second-order valence-electron chi connectivity index (χ2n) is 10.6. The number of phenols is 5. The molecule has 15 nitrogen and oxygen atoms in total. The van der Waals surface area contributed by atoms with Crippen molar-refractivity contribution in [2.45, 2.75) is 43.0 Å². The number of carbonyl (C=O) groups is 1. The predicted octanol–water partition coefficient (Wildman–Crippen LogP) is 0.959. The molecule has 3 aromatic carbocycles. The van der Waals surface area contributed by atoms with E-state index in [1.165, 1.54) is 24.3 Å². The van der Waals surface area contributed by atoms with E-state index in [1.807, 2.05) is 0 Å². The maximum absolute atomic E-state index is 13.4. The van der Waals surface area contributed by atoms with E-state index in [0.717, 1.165) is 18.2 Å². The molecule has 6 atom stereocenters. The number of aliphatic hydroxyl groups excluding tert-OH is 3. The average molecular weight is 627 g/mol. The fraction of sp³-hybridized carbons (Fsp3) is 0.267. The summed E-state index contributed by atoms with van der Waals surface area (Å²) in [7, 11) is 0. The molecule has 6 bridgehead atoms. The normalized spacial score (nSPS) is 25.1. The van der Waals surface area contributed by atoms with Gasteiger partial charge in [0.25, 0.3) is 0 Å². The van der Waals surface area contributed by atoms with Crippen LogP contribution >= 0.6 is 0 Å². The van der Waals surface area contributed by atoms with E-state index < -0.39 is 112 Å². The van der Waals surface area contributed by atoms with E-state index in [1.54, 1.807) is 0 Å². The molecule has 2 aliphatic rings. The highest BCUT2D eigenvalue weighted by atomic mass is 16.7. The van der Waals surface area contributed by atoms with Crippen molar-refractivity contribution in [3.8, 4) is 51.6 Å². The summed E-state index contributed by atoms with van der Waals surface area (Å²) in [6.45, 7) is -0.668. The lowest BCUT2D eigenvalue weighted by Gasteiger charge is -2.40. The van der Waals surface area contributed by atoms with Gasteiger partial charge in [-0.25, -0.2) is 0 Å². The number of esters is 1. The SMILES string of the molecule is O=C1CC(c2ccc(O)cc2)c2c(O)cc(O)c3c(=O)c(O)c(oc23)-c2cc(O)c(O)c(c2)OC2OC(CO1)C(O)C(O)C2O. The van der Waals surface area contributed by atoms with Gasteiger partial charge in [0.1, 0.15) is 59.2 Å². The lowest BCUT2D eigenvalue weighted by Crippen LogP contribution is -2.60. The largest absolute Gasteiger partial charge is 0.508 e. The molecule has 9 N–H and O–H groups in total. The fourth-order valence-corrected chi connectivity index (χ4v) is 5.46. The zero-order chi connectivity index (χ0) is 32.3. The fourth-order valence-electron chi connectivity index (χ4n) is 5.46. The van der Waals surface area contributed by atoms with Gasteiger partial charge >= 0.3 is 5.97 Å². The van der Waals surface area contributed by atoms with E-state index in [4.69, 9.17) is 18.6 Å². The summed E-state index contributed by atoms with van der Waals surface area (Å²) in [5, 5.41) is 94.4. The number of hydrogen-bond acceptors (Lipinski definition) is 15. The first-order valence-electron chi connectivity index (χ1n) is 13.5. The minimum absolute atomic E-state index is 0.128. The molecule has 1 fully saturated rings. The molecule has 0 radical (unpaired) electrons. The molecule has 6 rings (SSSR count). The molecule has 0 spiro atoms. The number of aliphatic hydroxyl groups is 3. The lowest BCUT2D eigenvalue weighted by molar-refractivity contribution is -0.278. The molecule has 0 aliphatic carbocycles. The quantitative estimate of drug-likeness (QED) is 0.105. The van der Waals surface area contributed by atoms with Gasteiger partial charge in [-0.2, -0.15) is 0 Å². The van der Waals surface area contributed by atoms with Gasteiger partial charge in [0.2, 0.25) is 23.2 Å². The first-order valence-corrected chi connectivity index (χ1v) is 13.5. The second kappa shape index (κ2) is 11.0. The molecule has 3 heterocycles. The van der Waals surface area contributed by atoms with E-state index in [9.17, 15) is 55.5 Å². The Bertz CT molecular complexity index is 1860. The molecule has 4 aromatic rings. The zero-order valence-electron chi connectivity index (χ0n) is 22.9. The molecule has 15 heteroatoms. The number of carbonyl (C=O) groups excluding carboxylic acids is 1. The van der Waals surface area contributed by atoms with E-state index in [0.29, 0.717) is 5.56 Å². The van der Waals surface area contributed by atoms with Crippen molar-refractivity contribution in [3.05, 3.63) is 63.8 Å². The van der Waals surface area contributed by atoms with Crippen LogP contribution in [0.2, 0.25) is 0 Å². The van der Waals surface area contributed by atoms with Gasteiger partial charge < -0.3 is 64.6 Å². The third-order valence-electron chi connectivity index (χ3n) is 7.79. The summed E-state index contributed by atoms with van der Waals surface area (Å²) in [5.41, 5.74) is -1.81. The molecule has 0 amide bonds. The zero-order valence-corrected chi connectivity index (χ0v) is 22.9. The topological polar surface area (TPSA) is 257 Å². The van der Waals surface area contributed by atoms with Gasteiger partial charge in [-0.1, -0.05) is 12.1 Å². The van der Waals surface area contributed by atoms with Gasteiger partial charge in [-0.3, -0.25) is 9.59 Å². The summed E-state index contributed by atoms with van der Waals surface area (Å²) >= 11 is 0. The lowest BCUT2D eigenvalue weighted by atomic mass is 9.86. The highest BCUT2D eigenvalue weighted by Crippen LogP contribution is 2.47. The van der Waals surface area contributed by atoms with Gasteiger partial charge in [0, 0.05) is 23.1 Å². The summed E-state index contributed by atoms with van der Waals surface area (Å²) < 4.78 is 22.3. The Balaban J connectivity index is 1.65. The minimum atomic E-state index is -1.91. The maximum Gasteiger partial charge on any atom is 0.306 e. The Morgan fingerprint density at radius 2 is 1.47 bits per heavy atom. The molecule has 0 saturated carbocycles. The Morgan fingerprint density at radius 3 is 2.18 bits per heavy atom. The van der Waals surface area contributed by atoms with Crippen LogP contribution in [0.5, 0.6) is 40.2 Å². The Hall–Kier alpha value is -5.22. The first kappa shape index (κ1) is 29.8. The van der Waals surface area contributed by atoms with Gasteiger partial charge in [-0.15, -0.1) is 0 Å². The van der Waals surface area contributed by atoms with E-state index in [-0.39, 0.29) is 16.9 Å². The van der Waals surface area contributed by atoms with Crippen molar-refractivity contribution in [2.75, 3.05) is 6.61 Å². The maximum atomic E-state index is 13.4. The van der Waals surface area contributed by atoms with Crippen LogP contribution in [0.15, 0.2) is 51.7 Å². The molecular weight excluding hydrogens is 600 g/mol. The number of fused-ring (bicyclic) bond motifs is 6. The second-order valence-corrected chi connectivity index (χ2v) is 10.6. The summed E-state index contributed by atoms with van der Waals surface area (Å²) in [6.07, 6.45) is -9.37. The first-order chi connectivity index (χ1) is 21.3. The van der Waals surface area contributed by atoms with Crippen LogP contribution in [-0.2, 0) is 14.3 Å². The number of aromatic hydroxyl groups is 6. The van der Waals surface area contributed by atoms with Crippen LogP contribution in [0.25, 0.3) is 22.3 Å². The third kappa shape index (κ3) is 5.06. The highest BCUT2D eigenvalue weighted by molar-refractivity contribution is 5.92. The summed E-state index contributed by atoms with van der Waals surface area (Å²) in [5.74, 6) is -7.66. The van der Waals surface area contributed by atoms with Crippen LogP contribution in [0.1, 0.15) is 23.5 Å². The standard InChI is InChI=1S/C30H26O15/c31-12-3-1-10(2-4-12)13-7-19(35)42-9-18-23(37)25(39)27(41)30(44-18)43-17-6-11(5-16(34)22(17)36)28-26(40)24(38)21-15(33)8-14(32)20(13)29(21)45-28/h1-6,8,13,18,23,25,27,30-34,36-37,39-41H,7,9H2. The molecule has 1 saturated heterocycles. The summed E-state index contributed by atoms with van der Waals surface area (Å²) in [4.78, 5) is 26.7. The van der Waals surface area contributed by atoms with Crippen LogP contribution in [0.4, 0.5) is 0 Å². The Labute approximate surface area is 251 Å². The van der Waals surface area contributed by atoms with Gasteiger partial charge in [0.15, 0.2) is 17.3 Å². The van der Waals surface area contributed by atoms with E-state index in [2.05, 4.69) is 0 Å². The Morgan fingerprint density at radius 1 is 0.756 bits per heavy atom. The number of cyclic esters (lactones) is 1. The molecular formula is C30H26O15. The molecule has 1 aromatic heterocycles. The van der Waals surface area contributed by atoms with E-state index >= 15 is 0 Å². The monoisotopic (exact) mass is 626 g/mol. The number of ether oxygens (including phenoxy) is 3. The average Bonchev–Trinajstić information content (AvgIpc) is 2.99. The highest BCUT2D eigenvalue weighted by Gasteiger charge is 2.46. The van der Waals surface area contributed by atoms with Crippen LogP contribution < -0.4 is 10.2 Å². The van der Waals surface area contributed by atoms with Crippen molar-refractivity contribution in [1.29, 1.82) is 0 Å². The van der Waals surface area contributed by atoms with Crippen LogP contribution in [0, 0.1) is 0 Å². The number of phenolic OH excluding ortho intramolecular Hbond substituents is 5. The minimum Gasteiger partial charge on any atom is -0.508 e. The number of benzene rings is 3. The van der Waals surface area contributed by atoms with Crippen LogP contribution in [-0.4, -0.2) is 89.2 Å². The summed E-state index contributed by atoms with van der Waals surface area (Å²) in [6, 6.07) is 8.14. The Kier molecular flexibility index (Phi) is 7.33. The van der Waals surface area contributed by atoms with Crippen molar-refractivity contribution in [1.82, 2.24) is 0 Å². The van der Waals surface area contributed by atoms with Crippen LogP contribution in [0.3, 0.4) is 0 Å². The number of rotatable bonds is 1. The molecule has 45 heavy (non-hydrogen) atoms. The van der Waals surface area contributed by atoms with Gasteiger partial charge in [0.05, 0.1) is 6.42 Å². The van der Waals surface area contributed by atoms with Crippen molar-refractivity contribution in [2.24, 2.45) is 0 Å². The molecule has 6 unspecified atom stereocenters. The molecule has 2 aliphatic heterocycles. The van der Waals surface area contributed by atoms with Crippen molar-refractivity contribution >= 4 is 16.9 Å². The predicted molar refractivity (Wildman–Crippen MR) is 149 cm³/mol. The van der Waals surface area contributed by atoms with Gasteiger partial charge in [-0.05, 0) is 29.8 Å².